The highest BCUT2D eigenvalue weighted by molar-refractivity contribution is 5.69. The summed E-state index contributed by atoms with van der Waals surface area (Å²) in [7, 11) is 0. The number of allylic oxidation sites excluding steroid dienone is 1. The second kappa shape index (κ2) is 4.85. The zero-order chi connectivity index (χ0) is 7.98. The van der Waals surface area contributed by atoms with Crippen molar-refractivity contribution in [2.45, 2.75) is 13.8 Å². The van der Waals surface area contributed by atoms with Gasteiger partial charge < -0.3 is 10.4 Å². The molecule has 1 unspecified atom stereocenters. The van der Waals surface area contributed by atoms with Gasteiger partial charge in [0.15, 0.2) is 0 Å². The average Bonchev–Trinajstić information content (AvgIpc) is 1.88. The van der Waals surface area contributed by atoms with Gasteiger partial charge in [0.25, 0.3) is 0 Å². The molecular formula is C7H13NO2. The van der Waals surface area contributed by atoms with Crippen molar-refractivity contribution in [3.8, 4) is 0 Å². The van der Waals surface area contributed by atoms with E-state index in [1.165, 1.54) is 0 Å². The number of nitrogens with one attached hydrogen (secondary N) is 1. The normalized spacial score (nSPS) is 13.4. The standard InChI is InChI=1S/C7H13NO2/c1-3-4-8-5-6(2)7(9)10/h3-4,6,8H,5H2,1-2H3,(H,9,10). The van der Waals surface area contributed by atoms with Gasteiger partial charge in [-0.2, -0.15) is 0 Å². The summed E-state index contributed by atoms with van der Waals surface area (Å²) in [6.45, 7) is 4.02. The fraction of sp³-hybridized carbons (Fsp3) is 0.571. The van der Waals surface area contributed by atoms with Crippen LogP contribution in [0.2, 0.25) is 0 Å². The monoisotopic (exact) mass is 143 g/mol. The molecule has 3 nitrogen and oxygen atoms in total. The summed E-state index contributed by atoms with van der Waals surface area (Å²) >= 11 is 0. The fourth-order valence-corrected chi connectivity index (χ4v) is 0.450. The van der Waals surface area contributed by atoms with E-state index in [1.54, 1.807) is 13.1 Å². The van der Waals surface area contributed by atoms with Crippen LogP contribution in [0.4, 0.5) is 0 Å². The van der Waals surface area contributed by atoms with E-state index in [0.29, 0.717) is 6.54 Å². The Morgan fingerprint density at radius 2 is 2.40 bits per heavy atom. The number of carbonyl (C=O) groups is 1. The molecule has 0 aromatic rings. The van der Waals surface area contributed by atoms with Crippen LogP contribution in [0, 0.1) is 5.92 Å². The summed E-state index contributed by atoms with van der Waals surface area (Å²) in [5.74, 6) is -1.09. The highest BCUT2D eigenvalue weighted by Gasteiger charge is 2.07. The summed E-state index contributed by atoms with van der Waals surface area (Å²) in [6.07, 6.45) is 3.56. The number of carboxylic acids is 1. The van der Waals surface area contributed by atoms with E-state index >= 15 is 0 Å². The maximum Gasteiger partial charge on any atom is 0.307 e. The molecular weight excluding hydrogens is 130 g/mol. The maximum absolute atomic E-state index is 10.2. The summed E-state index contributed by atoms with van der Waals surface area (Å²) < 4.78 is 0. The van der Waals surface area contributed by atoms with Crippen molar-refractivity contribution in [1.82, 2.24) is 5.32 Å². The predicted molar refractivity (Wildman–Crippen MR) is 39.6 cm³/mol. The van der Waals surface area contributed by atoms with Crippen molar-refractivity contribution in [2.24, 2.45) is 5.92 Å². The van der Waals surface area contributed by atoms with Gasteiger partial charge in [-0.05, 0) is 13.1 Å². The van der Waals surface area contributed by atoms with Crippen LogP contribution in [0.25, 0.3) is 0 Å². The number of rotatable bonds is 4. The lowest BCUT2D eigenvalue weighted by molar-refractivity contribution is -0.140. The first kappa shape index (κ1) is 9.01. The van der Waals surface area contributed by atoms with Crippen molar-refractivity contribution in [3.63, 3.8) is 0 Å². The Morgan fingerprint density at radius 3 is 2.80 bits per heavy atom. The zero-order valence-corrected chi connectivity index (χ0v) is 6.29. The smallest absolute Gasteiger partial charge is 0.307 e. The Morgan fingerprint density at radius 1 is 1.80 bits per heavy atom. The molecule has 0 amide bonds. The molecule has 0 bridgehead atoms. The molecule has 1 atom stereocenters. The molecule has 58 valence electrons. The van der Waals surface area contributed by atoms with Crippen LogP contribution in [0.3, 0.4) is 0 Å². The van der Waals surface area contributed by atoms with E-state index in [4.69, 9.17) is 5.11 Å². The third kappa shape index (κ3) is 3.95. The van der Waals surface area contributed by atoms with Crippen LogP contribution >= 0.6 is 0 Å². The van der Waals surface area contributed by atoms with Gasteiger partial charge in [-0.1, -0.05) is 13.0 Å². The molecule has 0 aliphatic carbocycles. The summed E-state index contributed by atoms with van der Waals surface area (Å²) in [5, 5.41) is 11.3. The Kier molecular flexibility index (Phi) is 4.37. The lowest BCUT2D eigenvalue weighted by atomic mass is 10.2. The Bertz CT molecular complexity index is 132. The molecule has 0 heterocycles. The molecule has 0 aromatic carbocycles. The van der Waals surface area contributed by atoms with Crippen LogP contribution in [-0.4, -0.2) is 17.6 Å². The fourth-order valence-electron chi connectivity index (χ4n) is 0.450. The molecule has 3 heteroatoms. The maximum atomic E-state index is 10.2. The van der Waals surface area contributed by atoms with Crippen LogP contribution in [-0.2, 0) is 4.79 Å². The molecule has 0 fully saturated rings. The highest BCUT2D eigenvalue weighted by atomic mass is 16.4. The zero-order valence-electron chi connectivity index (χ0n) is 6.29. The van der Waals surface area contributed by atoms with Gasteiger partial charge in [-0.25, -0.2) is 0 Å². The van der Waals surface area contributed by atoms with E-state index in [1.807, 2.05) is 13.0 Å². The van der Waals surface area contributed by atoms with Gasteiger partial charge in [-0.3, -0.25) is 4.79 Å². The lowest BCUT2D eigenvalue weighted by Crippen LogP contribution is -2.22. The predicted octanol–water partition coefficient (Wildman–Crippen LogP) is 0.830. The van der Waals surface area contributed by atoms with Gasteiger partial charge in [0.1, 0.15) is 0 Å². The van der Waals surface area contributed by atoms with Crippen LogP contribution in [0.1, 0.15) is 13.8 Å². The first-order valence-corrected chi connectivity index (χ1v) is 3.25. The number of carboxylic acid groups (broad SMARTS) is 1. The van der Waals surface area contributed by atoms with Crippen molar-refractivity contribution >= 4 is 5.97 Å². The average molecular weight is 143 g/mol. The molecule has 10 heavy (non-hydrogen) atoms. The van der Waals surface area contributed by atoms with Gasteiger partial charge in [-0.15, -0.1) is 0 Å². The summed E-state index contributed by atoms with van der Waals surface area (Å²) in [4.78, 5) is 10.2. The van der Waals surface area contributed by atoms with Gasteiger partial charge in [0.2, 0.25) is 0 Å². The molecule has 0 aliphatic rings. The quantitative estimate of drug-likeness (QED) is 0.612. The summed E-state index contributed by atoms with van der Waals surface area (Å²) in [6, 6.07) is 0. The van der Waals surface area contributed by atoms with E-state index in [2.05, 4.69) is 5.32 Å². The third-order valence-corrected chi connectivity index (χ3v) is 1.13. The Labute approximate surface area is 60.7 Å². The number of aliphatic carboxylic acids is 1. The minimum Gasteiger partial charge on any atom is -0.481 e. The SMILES string of the molecule is CC=CNCC(C)C(=O)O. The van der Waals surface area contributed by atoms with Crippen LogP contribution in [0.5, 0.6) is 0 Å². The molecule has 0 saturated carbocycles. The second-order valence-corrected chi connectivity index (χ2v) is 2.15. The Hall–Kier alpha value is -0.990. The van der Waals surface area contributed by atoms with Crippen molar-refractivity contribution in [2.75, 3.05) is 6.54 Å². The molecule has 0 saturated heterocycles. The third-order valence-electron chi connectivity index (χ3n) is 1.13. The molecule has 0 spiro atoms. The van der Waals surface area contributed by atoms with Crippen molar-refractivity contribution in [1.29, 1.82) is 0 Å². The highest BCUT2D eigenvalue weighted by Crippen LogP contribution is 1.90. The first-order chi connectivity index (χ1) is 4.68. The lowest BCUT2D eigenvalue weighted by Gasteiger charge is -2.03. The minimum absolute atomic E-state index is 0.323. The molecule has 2 N–H and O–H groups in total. The second-order valence-electron chi connectivity index (χ2n) is 2.15. The minimum atomic E-state index is -0.767. The molecule has 0 radical (unpaired) electrons. The van der Waals surface area contributed by atoms with E-state index in [-0.39, 0.29) is 5.92 Å². The van der Waals surface area contributed by atoms with Crippen LogP contribution in [0.15, 0.2) is 12.3 Å². The van der Waals surface area contributed by atoms with Crippen LogP contribution < -0.4 is 5.32 Å². The number of hydrogen-bond donors (Lipinski definition) is 2. The van der Waals surface area contributed by atoms with E-state index in [9.17, 15) is 4.79 Å². The topological polar surface area (TPSA) is 49.3 Å². The van der Waals surface area contributed by atoms with Gasteiger partial charge in [0.05, 0.1) is 5.92 Å². The molecule has 0 rings (SSSR count). The number of hydrogen-bond acceptors (Lipinski definition) is 2. The van der Waals surface area contributed by atoms with Crippen molar-refractivity contribution < 1.29 is 9.90 Å². The first-order valence-electron chi connectivity index (χ1n) is 3.25. The van der Waals surface area contributed by atoms with E-state index < -0.39 is 5.97 Å². The van der Waals surface area contributed by atoms with E-state index in [0.717, 1.165) is 0 Å². The Balaban J connectivity index is 3.39. The van der Waals surface area contributed by atoms with Gasteiger partial charge in [0, 0.05) is 6.54 Å². The van der Waals surface area contributed by atoms with Gasteiger partial charge >= 0.3 is 5.97 Å². The molecule has 0 aliphatic heterocycles. The molecule has 0 aromatic heterocycles. The van der Waals surface area contributed by atoms with Crippen molar-refractivity contribution in [3.05, 3.63) is 12.3 Å². The largest absolute Gasteiger partial charge is 0.481 e. The summed E-state index contributed by atoms with van der Waals surface area (Å²) in [5.41, 5.74) is 0.